The van der Waals surface area contributed by atoms with Crippen LogP contribution in [-0.4, -0.2) is 17.1 Å². The molecule has 0 fully saturated rings. The molecule has 102 valence electrons. The number of benzene rings is 2. The molecule has 4 heteroatoms. The highest BCUT2D eigenvalue weighted by Crippen LogP contribution is 2.30. The minimum atomic E-state index is 0.651. The summed E-state index contributed by atoms with van der Waals surface area (Å²) in [5, 5.41) is 0. The van der Waals surface area contributed by atoms with E-state index in [-0.39, 0.29) is 0 Å². The zero-order valence-electron chi connectivity index (χ0n) is 11.8. The van der Waals surface area contributed by atoms with Crippen molar-refractivity contribution in [2.45, 2.75) is 13.8 Å². The van der Waals surface area contributed by atoms with Crippen molar-refractivity contribution in [3.63, 3.8) is 0 Å². The van der Waals surface area contributed by atoms with Crippen LogP contribution in [0.3, 0.4) is 0 Å². The van der Waals surface area contributed by atoms with E-state index in [2.05, 4.69) is 35.9 Å². The van der Waals surface area contributed by atoms with E-state index in [1.54, 1.807) is 13.2 Å². The lowest BCUT2D eigenvalue weighted by Gasteiger charge is -2.05. The van der Waals surface area contributed by atoms with Crippen LogP contribution in [0.1, 0.15) is 11.1 Å². The summed E-state index contributed by atoms with van der Waals surface area (Å²) in [4.78, 5) is 8.00. The maximum atomic E-state index is 6.08. The van der Waals surface area contributed by atoms with Crippen LogP contribution in [0.15, 0.2) is 30.3 Å². The molecule has 4 nitrogen and oxygen atoms in total. The van der Waals surface area contributed by atoms with Gasteiger partial charge in [-0.3, -0.25) is 0 Å². The number of nitrogens with one attached hydrogen (secondary N) is 1. The van der Waals surface area contributed by atoms with Gasteiger partial charge >= 0.3 is 0 Å². The Hall–Kier alpha value is -2.49. The molecule has 20 heavy (non-hydrogen) atoms. The number of nitrogens with two attached hydrogens (primary N) is 1. The van der Waals surface area contributed by atoms with Gasteiger partial charge in [-0.15, -0.1) is 0 Å². The molecule has 0 saturated carbocycles. The van der Waals surface area contributed by atoms with E-state index < -0.39 is 0 Å². The number of hydrogen-bond acceptors (Lipinski definition) is 3. The van der Waals surface area contributed by atoms with Gasteiger partial charge in [-0.25, -0.2) is 4.98 Å². The number of aryl methyl sites for hydroxylation is 2. The molecule has 0 unspecified atom stereocenters. The Labute approximate surface area is 117 Å². The van der Waals surface area contributed by atoms with Crippen molar-refractivity contribution >= 4 is 16.7 Å². The third kappa shape index (κ3) is 1.99. The molecule has 0 aliphatic rings. The molecule has 2 aromatic carbocycles. The Bertz CT molecular complexity index is 790. The number of hydrogen-bond donors (Lipinski definition) is 2. The topological polar surface area (TPSA) is 63.9 Å². The molecule has 0 spiro atoms. The van der Waals surface area contributed by atoms with Crippen LogP contribution in [0.2, 0.25) is 0 Å². The molecule has 0 aliphatic carbocycles. The molecule has 3 aromatic rings. The lowest BCUT2D eigenvalue weighted by molar-refractivity contribution is 0.415. The van der Waals surface area contributed by atoms with Gasteiger partial charge in [-0.05, 0) is 43.2 Å². The Balaban J connectivity index is 2.17. The minimum Gasteiger partial charge on any atom is -0.497 e. The highest BCUT2D eigenvalue weighted by molar-refractivity contribution is 5.85. The summed E-state index contributed by atoms with van der Waals surface area (Å²) in [5.74, 6) is 1.53. The van der Waals surface area contributed by atoms with Gasteiger partial charge in [0.2, 0.25) is 0 Å². The van der Waals surface area contributed by atoms with Crippen molar-refractivity contribution in [1.82, 2.24) is 9.97 Å². The van der Waals surface area contributed by atoms with E-state index in [1.807, 2.05) is 12.1 Å². The first kappa shape index (κ1) is 12.5. The number of nitrogen functional groups attached to an aromatic ring is 1. The Morgan fingerprint density at radius 3 is 2.65 bits per heavy atom. The zero-order valence-corrected chi connectivity index (χ0v) is 11.8. The van der Waals surface area contributed by atoms with E-state index >= 15 is 0 Å². The van der Waals surface area contributed by atoms with Gasteiger partial charge < -0.3 is 15.5 Å². The highest BCUT2D eigenvalue weighted by atomic mass is 16.5. The fourth-order valence-corrected chi connectivity index (χ4v) is 2.48. The number of methoxy groups -OCH3 is 1. The summed E-state index contributed by atoms with van der Waals surface area (Å²) in [7, 11) is 1.63. The van der Waals surface area contributed by atoms with Crippen LogP contribution in [-0.2, 0) is 0 Å². The number of imidazole rings is 1. The number of H-pyrrole nitrogens is 1. The Kier molecular flexibility index (Phi) is 2.86. The SMILES string of the molecule is COc1ccc(-c2nc3c(C)cc(C)cc3[nH]2)c(N)c1. The van der Waals surface area contributed by atoms with Crippen LogP contribution in [0.5, 0.6) is 5.75 Å². The van der Waals surface area contributed by atoms with Crippen molar-refractivity contribution in [2.75, 3.05) is 12.8 Å². The average Bonchev–Trinajstić information content (AvgIpc) is 2.82. The summed E-state index contributed by atoms with van der Waals surface area (Å²) in [6.07, 6.45) is 0. The average molecular weight is 267 g/mol. The summed E-state index contributed by atoms with van der Waals surface area (Å²) < 4.78 is 5.17. The van der Waals surface area contributed by atoms with E-state index in [4.69, 9.17) is 10.5 Å². The standard InChI is InChI=1S/C16H17N3O/c1-9-6-10(2)15-14(7-9)18-16(19-15)12-5-4-11(20-3)8-13(12)17/h4-8H,17H2,1-3H3,(H,18,19). The van der Waals surface area contributed by atoms with Crippen LogP contribution in [0.4, 0.5) is 5.69 Å². The summed E-state index contributed by atoms with van der Waals surface area (Å²) in [5.41, 5.74) is 12.0. The van der Waals surface area contributed by atoms with Crippen LogP contribution >= 0.6 is 0 Å². The predicted octanol–water partition coefficient (Wildman–Crippen LogP) is 3.44. The Morgan fingerprint density at radius 1 is 1.15 bits per heavy atom. The van der Waals surface area contributed by atoms with Crippen LogP contribution in [0.25, 0.3) is 22.4 Å². The van der Waals surface area contributed by atoms with E-state index in [0.29, 0.717) is 5.69 Å². The molecular weight excluding hydrogens is 250 g/mol. The first-order valence-electron chi connectivity index (χ1n) is 6.49. The van der Waals surface area contributed by atoms with Crippen molar-refractivity contribution in [1.29, 1.82) is 0 Å². The van der Waals surface area contributed by atoms with Gasteiger partial charge in [-0.1, -0.05) is 6.07 Å². The van der Waals surface area contributed by atoms with Gasteiger partial charge in [0, 0.05) is 17.3 Å². The molecule has 0 radical (unpaired) electrons. The molecular formula is C16H17N3O. The van der Waals surface area contributed by atoms with E-state index in [9.17, 15) is 0 Å². The van der Waals surface area contributed by atoms with Crippen LogP contribution in [0, 0.1) is 13.8 Å². The maximum absolute atomic E-state index is 6.08. The number of nitrogens with zero attached hydrogens (tertiary/aromatic N) is 1. The molecule has 1 aromatic heterocycles. The fourth-order valence-electron chi connectivity index (χ4n) is 2.48. The van der Waals surface area contributed by atoms with Gasteiger partial charge in [-0.2, -0.15) is 0 Å². The zero-order chi connectivity index (χ0) is 14.3. The third-order valence-electron chi connectivity index (χ3n) is 3.44. The van der Waals surface area contributed by atoms with Crippen molar-refractivity contribution in [3.05, 3.63) is 41.5 Å². The number of aromatic nitrogens is 2. The van der Waals surface area contributed by atoms with E-state index in [1.165, 1.54) is 5.56 Å². The largest absolute Gasteiger partial charge is 0.497 e. The number of aromatic amines is 1. The second-order valence-corrected chi connectivity index (χ2v) is 5.02. The van der Waals surface area contributed by atoms with E-state index in [0.717, 1.165) is 33.7 Å². The second-order valence-electron chi connectivity index (χ2n) is 5.02. The highest BCUT2D eigenvalue weighted by Gasteiger charge is 2.11. The summed E-state index contributed by atoms with van der Waals surface area (Å²) in [6, 6.07) is 9.84. The number of ether oxygens (including phenoxy) is 1. The normalized spacial score (nSPS) is 10.9. The Morgan fingerprint density at radius 2 is 1.95 bits per heavy atom. The van der Waals surface area contributed by atoms with Gasteiger partial charge in [0.1, 0.15) is 11.6 Å². The predicted molar refractivity (Wildman–Crippen MR) is 82.0 cm³/mol. The fraction of sp³-hybridized carbons (Fsp3) is 0.188. The van der Waals surface area contributed by atoms with Crippen LogP contribution < -0.4 is 10.5 Å². The quantitative estimate of drug-likeness (QED) is 0.699. The van der Waals surface area contributed by atoms with Crippen molar-refractivity contribution < 1.29 is 4.74 Å². The lowest BCUT2D eigenvalue weighted by atomic mass is 10.1. The molecule has 0 aliphatic heterocycles. The molecule has 0 bridgehead atoms. The summed E-state index contributed by atoms with van der Waals surface area (Å²) in [6.45, 7) is 4.14. The van der Waals surface area contributed by atoms with Gasteiger partial charge in [0.25, 0.3) is 0 Å². The molecule has 0 saturated heterocycles. The number of fused-ring (bicyclic) bond motifs is 1. The molecule has 3 N–H and O–H groups in total. The number of anilines is 1. The summed E-state index contributed by atoms with van der Waals surface area (Å²) >= 11 is 0. The third-order valence-corrected chi connectivity index (χ3v) is 3.44. The van der Waals surface area contributed by atoms with Gasteiger partial charge in [0.05, 0.1) is 18.1 Å². The van der Waals surface area contributed by atoms with Gasteiger partial charge in [0.15, 0.2) is 0 Å². The first-order valence-corrected chi connectivity index (χ1v) is 6.49. The molecule has 1 heterocycles. The smallest absolute Gasteiger partial charge is 0.140 e. The molecule has 3 rings (SSSR count). The number of rotatable bonds is 2. The maximum Gasteiger partial charge on any atom is 0.140 e. The minimum absolute atomic E-state index is 0.651. The second kappa shape index (κ2) is 4.56. The van der Waals surface area contributed by atoms with Crippen molar-refractivity contribution in [3.8, 4) is 17.1 Å². The monoisotopic (exact) mass is 267 g/mol. The molecule has 0 amide bonds. The first-order chi connectivity index (χ1) is 9.58. The lowest BCUT2D eigenvalue weighted by Crippen LogP contribution is -1.93. The van der Waals surface area contributed by atoms with Crippen molar-refractivity contribution in [2.24, 2.45) is 0 Å². The molecule has 0 atom stereocenters.